The van der Waals surface area contributed by atoms with Gasteiger partial charge in [0.1, 0.15) is 11.9 Å². The molecule has 19 heavy (non-hydrogen) atoms. The second-order valence-electron chi connectivity index (χ2n) is 4.05. The first kappa shape index (κ1) is 12.7. The number of carbonyl (C=O) groups is 2. The second-order valence-corrected chi connectivity index (χ2v) is 4.05. The summed E-state index contributed by atoms with van der Waals surface area (Å²) in [6, 6.07) is 1.62. The lowest BCUT2D eigenvalue weighted by molar-refractivity contribution is -0.384. The summed E-state index contributed by atoms with van der Waals surface area (Å²) in [7, 11) is 1.35. The summed E-state index contributed by atoms with van der Waals surface area (Å²) in [4.78, 5) is 38.0. The average molecular weight is 265 g/mol. The average Bonchev–Trinajstić information content (AvgIpc) is 2.57. The van der Waals surface area contributed by atoms with Crippen LogP contribution >= 0.6 is 0 Å². The van der Waals surface area contributed by atoms with Crippen molar-refractivity contribution >= 4 is 29.1 Å². The Kier molecular flexibility index (Phi) is 3.03. The third kappa shape index (κ3) is 2.30. The van der Waals surface area contributed by atoms with Gasteiger partial charge in [-0.3, -0.25) is 24.6 Å². The summed E-state index contributed by atoms with van der Waals surface area (Å²) in [5.74, 6) is -0.845. The van der Waals surface area contributed by atoms with Crippen molar-refractivity contribution in [1.29, 1.82) is 0 Å². The highest BCUT2D eigenvalue weighted by Crippen LogP contribution is 2.25. The molecule has 9 heteroatoms. The SMILES string of the molecule is CN1C(=O)CC(Nc2nc(N)ccc2[N+](=O)[O-])C1=O. The van der Waals surface area contributed by atoms with E-state index < -0.39 is 16.9 Å². The number of amides is 2. The van der Waals surface area contributed by atoms with Crippen LogP contribution in [0.15, 0.2) is 12.1 Å². The van der Waals surface area contributed by atoms with Crippen molar-refractivity contribution < 1.29 is 14.5 Å². The minimum absolute atomic E-state index is 0.0665. The molecular weight excluding hydrogens is 254 g/mol. The molecule has 9 nitrogen and oxygen atoms in total. The van der Waals surface area contributed by atoms with Crippen molar-refractivity contribution in [3.05, 3.63) is 22.2 Å². The first-order chi connectivity index (χ1) is 8.90. The fourth-order valence-corrected chi connectivity index (χ4v) is 1.75. The zero-order valence-corrected chi connectivity index (χ0v) is 9.99. The van der Waals surface area contributed by atoms with E-state index in [1.807, 2.05) is 0 Å². The van der Waals surface area contributed by atoms with Crippen LogP contribution in [0, 0.1) is 10.1 Å². The zero-order valence-electron chi connectivity index (χ0n) is 9.99. The normalized spacial score (nSPS) is 18.8. The van der Waals surface area contributed by atoms with Crippen LogP contribution in [0.4, 0.5) is 17.3 Å². The fourth-order valence-electron chi connectivity index (χ4n) is 1.75. The molecule has 0 bridgehead atoms. The number of rotatable bonds is 3. The molecule has 0 aromatic carbocycles. The van der Waals surface area contributed by atoms with Crippen LogP contribution in [0.1, 0.15) is 6.42 Å². The summed E-state index contributed by atoms with van der Waals surface area (Å²) in [6.45, 7) is 0. The maximum atomic E-state index is 11.7. The van der Waals surface area contributed by atoms with E-state index in [-0.39, 0.29) is 29.7 Å². The quantitative estimate of drug-likeness (QED) is 0.437. The molecule has 1 aromatic rings. The lowest BCUT2D eigenvalue weighted by Crippen LogP contribution is -2.32. The lowest BCUT2D eigenvalue weighted by Gasteiger charge is -2.11. The minimum atomic E-state index is -0.856. The minimum Gasteiger partial charge on any atom is -0.384 e. The number of aromatic nitrogens is 1. The van der Waals surface area contributed by atoms with Gasteiger partial charge in [0.2, 0.25) is 11.7 Å². The van der Waals surface area contributed by atoms with Gasteiger partial charge in [0.05, 0.1) is 11.3 Å². The standard InChI is InChI=1S/C10H11N5O4/c1-14-8(16)4-5(10(14)17)12-9-6(15(18)19)2-3-7(11)13-9/h2-3,5H,4H2,1H3,(H3,11,12,13). The number of nitrogens with two attached hydrogens (primary N) is 1. The molecule has 1 aliphatic rings. The van der Waals surface area contributed by atoms with Crippen molar-refractivity contribution in [2.24, 2.45) is 0 Å². The highest BCUT2D eigenvalue weighted by molar-refractivity contribution is 6.06. The molecule has 3 N–H and O–H groups in total. The van der Waals surface area contributed by atoms with Crippen LogP contribution in [0.25, 0.3) is 0 Å². The Morgan fingerprint density at radius 2 is 2.21 bits per heavy atom. The number of carbonyl (C=O) groups excluding carboxylic acids is 2. The van der Waals surface area contributed by atoms with Crippen LogP contribution in [0.3, 0.4) is 0 Å². The Hall–Kier alpha value is -2.71. The van der Waals surface area contributed by atoms with Crippen molar-refractivity contribution in [1.82, 2.24) is 9.88 Å². The Morgan fingerprint density at radius 3 is 2.74 bits per heavy atom. The number of anilines is 2. The smallest absolute Gasteiger partial charge is 0.311 e. The van der Waals surface area contributed by atoms with Crippen LogP contribution in [-0.2, 0) is 9.59 Å². The van der Waals surface area contributed by atoms with Gasteiger partial charge in [0.15, 0.2) is 0 Å². The van der Waals surface area contributed by atoms with Gasteiger partial charge in [-0.2, -0.15) is 0 Å². The lowest BCUT2D eigenvalue weighted by atomic mass is 10.2. The van der Waals surface area contributed by atoms with Crippen LogP contribution in [-0.4, -0.2) is 39.7 Å². The molecule has 0 saturated carbocycles. The number of nitrogen functional groups attached to an aromatic ring is 1. The number of hydrogen-bond acceptors (Lipinski definition) is 7. The first-order valence-corrected chi connectivity index (χ1v) is 5.38. The summed E-state index contributed by atoms with van der Waals surface area (Å²) in [5.41, 5.74) is 5.15. The second kappa shape index (κ2) is 4.52. The van der Waals surface area contributed by atoms with Gasteiger partial charge in [0, 0.05) is 13.1 Å². The molecule has 0 spiro atoms. The molecular formula is C10H11N5O4. The first-order valence-electron chi connectivity index (χ1n) is 5.38. The van der Waals surface area contributed by atoms with Crippen molar-refractivity contribution in [2.75, 3.05) is 18.1 Å². The molecule has 1 saturated heterocycles. The molecule has 0 radical (unpaired) electrons. The van der Waals surface area contributed by atoms with E-state index in [1.165, 1.54) is 19.2 Å². The molecule has 100 valence electrons. The van der Waals surface area contributed by atoms with E-state index in [0.29, 0.717) is 0 Å². The Labute approximate surface area is 107 Å². The van der Waals surface area contributed by atoms with E-state index in [4.69, 9.17) is 5.73 Å². The Morgan fingerprint density at radius 1 is 1.53 bits per heavy atom. The van der Waals surface area contributed by atoms with Gasteiger partial charge in [0.25, 0.3) is 5.91 Å². The van der Waals surface area contributed by atoms with Crippen LogP contribution in [0.2, 0.25) is 0 Å². The van der Waals surface area contributed by atoms with Crippen molar-refractivity contribution in [3.8, 4) is 0 Å². The molecule has 0 aliphatic carbocycles. The van der Waals surface area contributed by atoms with E-state index in [9.17, 15) is 19.7 Å². The van der Waals surface area contributed by atoms with Gasteiger partial charge < -0.3 is 11.1 Å². The Bertz CT molecular complexity index is 573. The molecule has 1 aromatic heterocycles. The molecule has 2 rings (SSSR count). The summed E-state index contributed by atoms with van der Waals surface area (Å²) < 4.78 is 0. The van der Waals surface area contributed by atoms with Gasteiger partial charge in [-0.1, -0.05) is 0 Å². The highest BCUT2D eigenvalue weighted by atomic mass is 16.6. The summed E-state index contributed by atoms with van der Waals surface area (Å²) >= 11 is 0. The van der Waals surface area contributed by atoms with E-state index in [1.54, 1.807) is 0 Å². The number of pyridine rings is 1. The number of nitro groups is 1. The third-order valence-electron chi connectivity index (χ3n) is 2.78. The fraction of sp³-hybridized carbons (Fsp3) is 0.300. The Balaban J connectivity index is 2.29. The molecule has 1 atom stereocenters. The molecule has 1 fully saturated rings. The topological polar surface area (TPSA) is 131 Å². The maximum absolute atomic E-state index is 11.7. The largest absolute Gasteiger partial charge is 0.384 e. The van der Waals surface area contributed by atoms with Crippen molar-refractivity contribution in [3.63, 3.8) is 0 Å². The number of nitrogens with one attached hydrogen (secondary N) is 1. The van der Waals surface area contributed by atoms with Crippen LogP contribution in [0.5, 0.6) is 0 Å². The van der Waals surface area contributed by atoms with Crippen LogP contribution < -0.4 is 11.1 Å². The number of imide groups is 1. The number of nitrogens with zero attached hydrogens (tertiary/aromatic N) is 3. The molecule has 2 heterocycles. The number of likely N-dealkylation sites (N-methyl/N-ethyl adjacent to an activating group) is 1. The monoisotopic (exact) mass is 265 g/mol. The van der Waals surface area contributed by atoms with E-state index >= 15 is 0 Å². The molecule has 2 amide bonds. The summed E-state index contributed by atoms with van der Waals surface area (Å²) in [6.07, 6.45) is -0.0665. The van der Waals surface area contributed by atoms with E-state index in [2.05, 4.69) is 10.3 Å². The zero-order chi connectivity index (χ0) is 14.2. The van der Waals surface area contributed by atoms with Gasteiger partial charge >= 0.3 is 5.69 Å². The van der Waals surface area contributed by atoms with Gasteiger partial charge in [-0.15, -0.1) is 0 Å². The predicted molar refractivity (Wildman–Crippen MR) is 65.1 cm³/mol. The molecule has 1 aliphatic heterocycles. The highest BCUT2D eigenvalue weighted by Gasteiger charge is 2.37. The molecule has 1 unspecified atom stereocenters. The van der Waals surface area contributed by atoms with Gasteiger partial charge in [-0.25, -0.2) is 4.98 Å². The van der Waals surface area contributed by atoms with Gasteiger partial charge in [-0.05, 0) is 6.07 Å². The third-order valence-corrected chi connectivity index (χ3v) is 2.78. The van der Waals surface area contributed by atoms with E-state index in [0.717, 1.165) is 4.90 Å². The maximum Gasteiger partial charge on any atom is 0.311 e. The summed E-state index contributed by atoms with van der Waals surface area (Å²) in [5, 5.41) is 13.4. The van der Waals surface area contributed by atoms with Crippen molar-refractivity contribution in [2.45, 2.75) is 12.5 Å². The number of likely N-dealkylation sites (tertiary alicyclic amines) is 1. The predicted octanol–water partition coefficient (Wildman–Crippen LogP) is -0.259. The number of hydrogen-bond donors (Lipinski definition) is 2.